The van der Waals surface area contributed by atoms with Crippen molar-refractivity contribution in [1.82, 2.24) is 20.3 Å². The molecule has 0 spiro atoms. The van der Waals surface area contributed by atoms with Crippen LogP contribution >= 0.6 is 0 Å². The van der Waals surface area contributed by atoms with Crippen molar-refractivity contribution < 1.29 is 9.13 Å². The Morgan fingerprint density at radius 3 is 2.83 bits per heavy atom. The van der Waals surface area contributed by atoms with Gasteiger partial charge in [-0.25, -0.2) is 14.4 Å². The van der Waals surface area contributed by atoms with Crippen molar-refractivity contribution in [1.29, 1.82) is 0 Å². The molecule has 0 radical (unpaired) electrons. The highest BCUT2D eigenvalue weighted by molar-refractivity contribution is 5.88. The number of morpholine rings is 1. The summed E-state index contributed by atoms with van der Waals surface area (Å²) in [5.74, 6) is 0.702. The maximum Gasteiger partial charge on any atom is 0.154 e. The number of aromatic nitrogens is 3. The van der Waals surface area contributed by atoms with E-state index in [4.69, 9.17) is 9.72 Å². The van der Waals surface area contributed by atoms with Crippen LogP contribution in [0, 0.1) is 0 Å². The third kappa shape index (κ3) is 4.06. The van der Waals surface area contributed by atoms with Crippen LogP contribution in [-0.4, -0.2) is 66.6 Å². The summed E-state index contributed by atoms with van der Waals surface area (Å²) in [7, 11) is 0. The summed E-state index contributed by atoms with van der Waals surface area (Å²) in [6.07, 6.45) is 3.32. The maximum atomic E-state index is 13.5. The van der Waals surface area contributed by atoms with Crippen molar-refractivity contribution in [3.8, 4) is 11.3 Å². The molecule has 4 heterocycles. The number of nitrogens with zero attached hydrogens (tertiary/aromatic N) is 4. The summed E-state index contributed by atoms with van der Waals surface area (Å²) in [5.41, 5.74) is 4.38. The van der Waals surface area contributed by atoms with E-state index in [2.05, 4.69) is 25.5 Å². The fourth-order valence-corrected chi connectivity index (χ4v) is 4.00. The van der Waals surface area contributed by atoms with Gasteiger partial charge in [-0.2, -0.15) is 0 Å². The largest absolute Gasteiger partial charge is 0.374 e. The zero-order valence-corrected chi connectivity index (χ0v) is 16.7. The predicted octanol–water partition coefficient (Wildman–Crippen LogP) is 2.64. The van der Waals surface area contributed by atoms with Gasteiger partial charge in [-0.05, 0) is 24.6 Å². The lowest BCUT2D eigenvalue weighted by molar-refractivity contribution is 0.0372. The minimum Gasteiger partial charge on any atom is -0.374 e. The molecular formula is C22H25FN6O. The van der Waals surface area contributed by atoms with E-state index in [0.717, 1.165) is 47.6 Å². The molecule has 0 bridgehead atoms. The van der Waals surface area contributed by atoms with Crippen molar-refractivity contribution >= 4 is 22.5 Å². The molecule has 2 N–H and O–H groups in total. The molecular weight excluding hydrogens is 383 g/mol. The predicted molar refractivity (Wildman–Crippen MR) is 116 cm³/mol. The van der Waals surface area contributed by atoms with E-state index in [9.17, 15) is 4.39 Å². The van der Waals surface area contributed by atoms with Crippen LogP contribution in [0.3, 0.4) is 0 Å². The summed E-state index contributed by atoms with van der Waals surface area (Å²) in [5, 5.41) is 6.74. The van der Waals surface area contributed by atoms with Crippen molar-refractivity contribution in [2.24, 2.45) is 0 Å². The Labute approximate surface area is 174 Å². The van der Waals surface area contributed by atoms with E-state index in [1.54, 1.807) is 12.4 Å². The van der Waals surface area contributed by atoms with Crippen LogP contribution in [0.2, 0.25) is 0 Å². The molecule has 2 aliphatic rings. The maximum absolute atomic E-state index is 13.5. The first-order chi connectivity index (χ1) is 14.8. The molecule has 156 valence electrons. The highest BCUT2D eigenvalue weighted by Crippen LogP contribution is 2.28. The molecule has 30 heavy (non-hydrogen) atoms. The molecule has 2 aromatic heterocycles. The van der Waals surface area contributed by atoms with Crippen molar-refractivity contribution in [3.63, 3.8) is 0 Å². The Kier molecular flexibility index (Phi) is 5.42. The molecule has 7 nitrogen and oxygen atoms in total. The molecule has 0 saturated carbocycles. The number of hydrogen-bond donors (Lipinski definition) is 2. The molecule has 1 unspecified atom stereocenters. The second kappa shape index (κ2) is 8.49. The molecule has 0 aliphatic carbocycles. The average molecular weight is 408 g/mol. The lowest BCUT2D eigenvalue weighted by Gasteiger charge is -2.24. The molecule has 2 aliphatic heterocycles. The van der Waals surface area contributed by atoms with Crippen molar-refractivity contribution in [2.45, 2.75) is 18.7 Å². The van der Waals surface area contributed by atoms with Crippen LogP contribution < -0.4 is 15.5 Å². The van der Waals surface area contributed by atoms with Gasteiger partial charge in [-0.1, -0.05) is 12.1 Å². The quantitative estimate of drug-likeness (QED) is 0.672. The second-order valence-electron chi connectivity index (χ2n) is 7.74. The van der Waals surface area contributed by atoms with Gasteiger partial charge < -0.3 is 20.3 Å². The van der Waals surface area contributed by atoms with Gasteiger partial charge in [0, 0.05) is 56.4 Å². The van der Waals surface area contributed by atoms with Gasteiger partial charge in [0.05, 0.1) is 23.9 Å². The molecule has 8 heteroatoms. The third-order valence-corrected chi connectivity index (χ3v) is 5.62. The number of nitrogens with one attached hydrogen (secondary N) is 2. The fraction of sp³-hybridized carbons (Fsp3) is 0.409. The van der Waals surface area contributed by atoms with Gasteiger partial charge in [-0.3, -0.25) is 4.98 Å². The summed E-state index contributed by atoms with van der Waals surface area (Å²) in [4.78, 5) is 15.9. The summed E-state index contributed by atoms with van der Waals surface area (Å²) in [6.45, 7) is 4.29. The third-order valence-electron chi connectivity index (χ3n) is 5.62. The van der Waals surface area contributed by atoms with Crippen LogP contribution in [0.4, 0.5) is 15.9 Å². The second-order valence-corrected chi connectivity index (χ2v) is 7.74. The van der Waals surface area contributed by atoms with Crippen molar-refractivity contribution in [3.05, 3.63) is 42.7 Å². The number of benzene rings is 1. The number of halogens is 1. The van der Waals surface area contributed by atoms with Gasteiger partial charge in [0.25, 0.3) is 0 Å². The normalized spacial score (nSPS) is 21.8. The smallest absolute Gasteiger partial charge is 0.154 e. The molecule has 2 atom stereocenters. The van der Waals surface area contributed by atoms with E-state index >= 15 is 0 Å². The first kappa shape index (κ1) is 19.1. The molecule has 5 rings (SSSR count). The van der Waals surface area contributed by atoms with Crippen LogP contribution in [0.1, 0.15) is 6.42 Å². The number of rotatable bonds is 5. The lowest BCUT2D eigenvalue weighted by atomic mass is 10.1. The molecule has 2 saturated heterocycles. The SMILES string of the molecule is F[C@H]1CCN(c2ccc(-c3cc4nccnc4c(NCC4CNCCO4)n3)cc2)C1. The Morgan fingerprint density at radius 2 is 2.07 bits per heavy atom. The Balaban J connectivity index is 1.41. The molecule has 1 aromatic carbocycles. The number of hydrogen-bond acceptors (Lipinski definition) is 7. The number of anilines is 2. The van der Waals surface area contributed by atoms with Gasteiger partial charge >= 0.3 is 0 Å². The standard InChI is InChI=1S/C22H25FN6O/c23-16-5-9-29(14-16)17-3-1-15(2-4-17)19-11-20-21(26-7-6-25-20)22(28-19)27-13-18-12-24-8-10-30-18/h1-4,6-7,11,16,18,24H,5,8-10,12-14H2,(H,27,28)/t16-,18?/m0/s1. The lowest BCUT2D eigenvalue weighted by Crippen LogP contribution is -2.42. The van der Waals surface area contributed by atoms with Gasteiger partial charge in [0.15, 0.2) is 5.82 Å². The van der Waals surface area contributed by atoms with Crippen LogP contribution in [0.5, 0.6) is 0 Å². The topological polar surface area (TPSA) is 75.2 Å². The number of alkyl halides is 1. The fourth-order valence-electron chi connectivity index (χ4n) is 4.00. The minimum absolute atomic E-state index is 0.0926. The van der Waals surface area contributed by atoms with E-state index < -0.39 is 6.17 Å². The first-order valence-corrected chi connectivity index (χ1v) is 10.4. The summed E-state index contributed by atoms with van der Waals surface area (Å²) in [6, 6.07) is 10.1. The summed E-state index contributed by atoms with van der Waals surface area (Å²) < 4.78 is 19.3. The number of fused-ring (bicyclic) bond motifs is 1. The highest BCUT2D eigenvalue weighted by Gasteiger charge is 2.22. The van der Waals surface area contributed by atoms with Gasteiger partial charge in [0.1, 0.15) is 11.7 Å². The highest BCUT2D eigenvalue weighted by atomic mass is 19.1. The van der Waals surface area contributed by atoms with E-state index in [1.807, 2.05) is 30.3 Å². The molecule has 3 aromatic rings. The van der Waals surface area contributed by atoms with Gasteiger partial charge in [0.2, 0.25) is 0 Å². The number of pyridine rings is 1. The molecule has 2 fully saturated rings. The van der Waals surface area contributed by atoms with Crippen LogP contribution in [0.15, 0.2) is 42.7 Å². The van der Waals surface area contributed by atoms with E-state index in [0.29, 0.717) is 31.9 Å². The van der Waals surface area contributed by atoms with E-state index in [-0.39, 0.29) is 6.10 Å². The average Bonchev–Trinajstić information content (AvgIpc) is 3.24. The Hall–Kier alpha value is -2.84. The van der Waals surface area contributed by atoms with E-state index in [1.165, 1.54) is 0 Å². The minimum atomic E-state index is -0.734. The number of ether oxygens (including phenoxy) is 1. The van der Waals surface area contributed by atoms with Gasteiger partial charge in [-0.15, -0.1) is 0 Å². The zero-order chi connectivity index (χ0) is 20.3. The first-order valence-electron chi connectivity index (χ1n) is 10.4. The van der Waals surface area contributed by atoms with Crippen LogP contribution in [0.25, 0.3) is 22.3 Å². The summed E-state index contributed by atoms with van der Waals surface area (Å²) >= 11 is 0. The van der Waals surface area contributed by atoms with Crippen LogP contribution in [-0.2, 0) is 4.74 Å². The Bertz CT molecular complexity index is 1010. The van der Waals surface area contributed by atoms with Crippen molar-refractivity contribution in [2.75, 3.05) is 49.5 Å². The Morgan fingerprint density at radius 1 is 1.20 bits per heavy atom. The zero-order valence-electron chi connectivity index (χ0n) is 16.7. The monoisotopic (exact) mass is 408 g/mol. The molecule has 0 amide bonds.